The van der Waals surface area contributed by atoms with Gasteiger partial charge in [-0.15, -0.1) is 0 Å². The topological polar surface area (TPSA) is 71.8 Å². The first-order valence-electron chi connectivity index (χ1n) is 9.28. The highest BCUT2D eigenvalue weighted by Crippen LogP contribution is 2.28. The van der Waals surface area contributed by atoms with Crippen LogP contribution in [0.2, 0.25) is 0 Å². The van der Waals surface area contributed by atoms with Crippen molar-refractivity contribution in [2.75, 3.05) is 18.6 Å². The molecule has 4 rings (SSSR count). The predicted octanol–water partition coefficient (Wildman–Crippen LogP) is 3.67. The summed E-state index contributed by atoms with van der Waals surface area (Å²) in [5.74, 6) is 0.843. The van der Waals surface area contributed by atoms with Crippen LogP contribution >= 0.6 is 0 Å². The minimum atomic E-state index is -0.388. The summed E-state index contributed by atoms with van der Waals surface area (Å²) in [6.07, 6.45) is 0.199. The third-order valence-electron chi connectivity index (χ3n) is 5.11. The third kappa shape index (κ3) is 3.45. The first-order valence-corrected chi connectivity index (χ1v) is 9.28. The van der Waals surface area contributed by atoms with E-state index in [0.29, 0.717) is 12.3 Å². The van der Waals surface area contributed by atoms with Gasteiger partial charge in [-0.1, -0.05) is 18.2 Å². The number of carbonyl (C=O) groups is 2. The van der Waals surface area contributed by atoms with Gasteiger partial charge in [0.15, 0.2) is 0 Å². The van der Waals surface area contributed by atoms with E-state index in [9.17, 15) is 9.59 Å². The van der Waals surface area contributed by atoms with E-state index < -0.39 is 0 Å². The number of carbonyl (C=O) groups excluding carboxylic acids is 2. The van der Waals surface area contributed by atoms with Crippen molar-refractivity contribution >= 4 is 28.5 Å². The lowest BCUT2D eigenvalue weighted by molar-refractivity contribution is -0.127. The summed E-state index contributed by atoms with van der Waals surface area (Å²) in [6, 6.07) is 16.7. The van der Waals surface area contributed by atoms with Crippen LogP contribution in [0, 0.1) is 5.92 Å². The van der Waals surface area contributed by atoms with Gasteiger partial charge in [-0.2, -0.15) is 0 Å². The number of hydrogen-bond acceptors (Lipinski definition) is 4. The van der Waals surface area contributed by atoms with Crippen LogP contribution in [0.5, 0.6) is 5.75 Å². The number of anilines is 1. The van der Waals surface area contributed by atoms with Gasteiger partial charge in [0.1, 0.15) is 17.1 Å². The fourth-order valence-corrected chi connectivity index (χ4v) is 3.51. The molecule has 0 spiro atoms. The van der Waals surface area contributed by atoms with Crippen LogP contribution in [0.15, 0.2) is 59.0 Å². The summed E-state index contributed by atoms with van der Waals surface area (Å²) in [7, 11) is 1.60. The smallest absolute Gasteiger partial charge is 0.227 e. The minimum Gasteiger partial charge on any atom is -0.497 e. The van der Waals surface area contributed by atoms with E-state index in [4.69, 9.17) is 9.15 Å². The average Bonchev–Trinajstić information content (AvgIpc) is 3.32. The van der Waals surface area contributed by atoms with Gasteiger partial charge in [0, 0.05) is 24.0 Å². The van der Waals surface area contributed by atoms with Gasteiger partial charge in [0.05, 0.1) is 19.1 Å². The van der Waals surface area contributed by atoms with Gasteiger partial charge in [0.25, 0.3) is 0 Å². The minimum absolute atomic E-state index is 0.0540. The molecule has 1 N–H and O–H groups in total. The number of rotatable bonds is 5. The van der Waals surface area contributed by atoms with Crippen LogP contribution in [-0.4, -0.2) is 25.5 Å². The number of para-hydroxylation sites is 1. The van der Waals surface area contributed by atoms with Gasteiger partial charge in [-0.3, -0.25) is 9.59 Å². The number of nitrogens with one attached hydrogen (secondary N) is 1. The number of nitrogens with zero attached hydrogens (tertiary/aromatic N) is 1. The molecule has 0 saturated carbocycles. The largest absolute Gasteiger partial charge is 0.497 e. The Hall–Kier alpha value is -3.28. The zero-order chi connectivity index (χ0) is 19.7. The van der Waals surface area contributed by atoms with E-state index in [1.54, 1.807) is 24.1 Å². The lowest BCUT2D eigenvalue weighted by atomic mass is 10.1. The molecule has 0 aliphatic carbocycles. The lowest BCUT2D eigenvalue weighted by Crippen LogP contribution is -2.34. The molecule has 144 valence electrons. The van der Waals surface area contributed by atoms with Crippen molar-refractivity contribution < 1.29 is 18.7 Å². The van der Waals surface area contributed by atoms with Crippen LogP contribution in [0.3, 0.4) is 0 Å². The Morgan fingerprint density at radius 3 is 2.68 bits per heavy atom. The second kappa shape index (κ2) is 7.38. The van der Waals surface area contributed by atoms with Crippen molar-refractivity contribution in [2.24, 2.45) is 5.92 Å². The number of methoxy groups -OCH3 is 1. The molecule has 2 aromatic carbocycles. The maximum Gasteiger partial charge on any atom is 0.227 e. The second-order valence-electron chi connectivity index (χ2n) is 7.02. The maximum atomic E-state index is 12.7. The summed E-state index contributed by atoms with van der Waals surface area (Å²) >= 11 is 0. The van der Waals surface area contributed by atoms with Gasteiger partial charge < -0.3 is 19.4 Å². The summed E-state index contributed by atoms with van der Waals surface area (Å²) in [5, 5.41) is 3.98. The Morgan fingerprint density at radius 2 is 1.96 bits per heavy atom. The quantitative estimate of drug-likeness (QED) is 0.735. The molecule has 1 saturated heterocycles. The molecule has 1 aliphatic rings. The normalized spacial score (nSPS) is 17.7. The predicted molar refractivity (Wildman–Crippen MR) is 106 cm³/mol. The van der Waals surface area contributed by atoms with Crippen molar-refractivity contribution in [3.8, 4) is 5.75 Å². The van der Waals surface area contributed by atoms with E-state index in [-0.39, 0.29) is 30.2 Å². The molecule has 2 heterocycles. The van der Waals surface area contributed by atoms with E-state index >= 15 is 0 Å². The van der Waals surface area contributed by atoms with Crippen molar-refractivity contribution in [1.29, 1.82) is 0 Å². The number of furan rings is 1. The Balaban J connectivity index is 1.42. The van der Waals surface area contributed by atoms with Crippen molar-refractivity contribution in [1.82, 2.24) is 5.32 Å². The van der Waals surface area contributed by atoms with Gasteiger partial charge in [-0.25, -0.2) is 0 Å². The third-order valence-corrected chi connectivity index (χ3v) is 5.11. The number of amides is 2. The molecule has 28 heavy (non-hydrogen) atoms. The van der Waals surface area contributed by atoms with E-state index in [2.05, 4.69) is 5.32 Å². The monoisotopic (exact) mass is 378 g/mol. The average molecular weight is 378 g/mol. The molecular weight excluding hydrogens is 356 g/mol. The highest BCUT2D eigenvalue weighted by atomic mass is 16.5. The molecular formula is C22H22N2O4. The van der Waals surface area contributed by atoms with E-state index in [1.807, 2.05) is 49.4 Å². The maximum absolute atomic E-state index is 12.7. The SMILES string of the molecule is COc1ccc(N2CC(C(=O)NC(C)c3cc4ccccc4o3)CC2=O)cc1. The number of ether oxygens (including phenoxy) is 1. The lowest BCUT2D eigenvalue weighted by Gasteiger charge is -2.18. The molecule has 6 heteroatoms. The first-order chi connectivity index (χ1) is 13.5. The number of benzene rings is 2. The summed E-state index contributed by atoms with van der Waals surface area (Å²) < 4.78 is 11.0. The highest BCUT2D eigenvalue weighted by molar-refractivity contribution is 6.00. The molecule has 1 aliphatic heterocycles. The van der Waals surface area contributed by atoms with Crippen LogP contribution < -0.4 is 15.0 Å². The number of fused-ring (bicyclic) bond motifs is 1. The van der Waals surface area contributed by atoms with Crippen LogP contribution in [0.1, 0.15) is 25.1 Å². The molecule has 6 nitrogen and oxygen atoms in total. The molecule has 1 fully saturated rings. The van der Waals surface area contributed by atoms with Crippen LogP contribution in [-0.2, 0) is 9.59 Å². The van der Waals surface area contributed by atoms with Gasteiger partial charge >= 0.3 is 0 Å². The molecule has 3 aromatic rings. The molecule has 0 radical (unpaired) electrons. The Kier molecular flexibility index (Phi) is 4.77. The van der Waals surface area contributed by atoms with Crippen molar-refractivity contribution in [3.05, 3.63) is 60.4 Å². The molecule has 0 bridgehead atoms. The zero-order valence-electron chi connectivity index (χ0n) is 15.8. The van der Waals surface area contributed by atoms with Crippen molar-refractivity contribution in [3.63, 3.8) is 0 Å². The van der Waals surface area contributed by atoms with Gasteiger partial charge in [-0.05, 0) is 43.3 Å². The second-order valence-corrected chi connectivity index (χ2v) is 7.02. The van der Waals surface area contributed by atoms with E-state index in [1.165, 1.54) is 0 Å². The highest BCUT2D eigenvalue weighted by Gasteiger charge is 2.35. The Morgan fingerprint density at radius 1 is 1.21 bits per heavy atom. The number of hydrogen-bond donors (Lipinski definition) is 1. The van der Waals surface area contributed by atoms with Crippen LogP contribution in [0.25, 0.3) is 11.0 Å². The van der Waals surface area contributed by atoms with Crippen LogP contribution in [0.4, 0.5) is 5.69 Å². The first kappa shape index (κ1) is 18.1. The fourth-order valence-electron chi connectivity index (χ4n) is 3.51. The standard InChI is InChI=1S/C22H22N2O4/c1-14(20-11-15-5-3-4-6-19(15)28-20)23-22(26)16-12-21(25)24(13-16)17-7-9-18(27-2)10-8-17/h3-11,14,16H,12-13H2,1-2H3,(H,23,26). The zero-order valence-corrected chi connectivity index (χ0v) is 15.8. The molecule has 2 amide bonds. The van der Waals surface area contributed by atoms with Gasteiger partial charge in [0.2, 0.25) is 11.8 Å². The fraction of sp³-hybridized carbons (Fsp3) is 0.273. The molecule has 2 atom stereocenters. The summed E-state index contributed by atoms with van der Waals surface area (Å²) in [6.45, 7) is 2.25. The summed E-state index contributed by atoms with van der Waals surface area (Å²) in [4.78, 5) is 26.8. The molecule has 2 unspecified atom stereocenters. The van der Waals surface area contributed by atoms with Crippen molar-refractivity contribution in [2.45, 2.75) is 19.4 Å². The Bertz CT molecular complexity index is 976. The molecule has 1 aromatic heterocycles. The summed E-state index contributed by atoms with van der Waals surface area (Å²) in [5.41, 5.74) is 1.56. The Labute approximate surface area is 163 Å². The van der Waals surface area contributed by atoms with E-state index in [0.717, 1.165) is 22.4 Å².